The Bertz CT molecular complexity index is 277. The van der Waals surface area contributed by atoms with E-state index < -0.39 is 5.79 Å². The molecule has 4 heteroatoms. The molecule has 0 bridgehead atoms. The van der Waals surface area contributed by atoms with Crippen molar-refractivity contribution >= 4 is 5.97 Å². The van der Waals surface area contributed by atoms with Crippen LogP contribution in [0, 0.1) is 0 Å². The first-order chi connectivity index (χ1) is 8.06. The predicted molar refractivity (Wildman–Crippen MR) is 64.6 cm³/mol. The first kappa shape index (κ1) is 14.2. The van der Waals surface area contributed by atoms with Crippen LogP contribution in [0.5, 0.6) is 0 Å². The maximum absolute atomic E-state index is 11.0. The van der Waals surface area contributed by atoms with Gasteiger partial charge in [0.25, 0.3) is 0 Å². The minimum absolute atomic E-state index is 0.160. The molecule has 0 aromatic carbocycles. The van der Waals surface area contributed by atoms with E-state index in [4.69, 9.17) is 9.47 Å². The maximum atomic E-state index is 11.0. The van der Waals surface area contributed by atoms with Crippen molar-refractivity contribution in [2.24, 2.45) is 0 Å². The summed E-state index contributed by atoms with van der Waals surface area (Å²) in [6.07, 6.45) is 5.10. The van der Waals surface area contributed by atoms with Gasteiger partial charge in [-0.15, -0.1) is 0 Å². The molecule has 0 radical (unpaired) electrons. The Hall–Kier alpha value is -0.870. The fraction of sp³-hybridized carbons (Fsp3) is 0.769. The highest BCUT2D eigenvalue weighted by Crippen LogP contribution is 2.24. The van der Waals surface area contributed by atoms with E-state index >= 15 is 0 Å². The largest absolute Gasteiger partial charge is 0.469 e. The van der Waals surface area contributed by atoms with Crippen LogP contribution >= 0.6 is 0 Å². The molecule has 4 nitrogen and oxygen atoms in total. The molecule has 0 N–H and O–H groups in total. The van der Waals surface area contributed by atoms with E-state index in [-0.39, 0.29) is 5.97 Å². The lowest BCUT2D eigenvalue weighted by molar-refractivity contribution is -0.145. The number of ether oxygens (including phenoxy) is 3. The molecule has 0 unspecified atom stereocenters. The van der Waals surface area contributed by atoms with E-state index in [0.29, 0.717) is 19.6 Å². The second-order valence-electron chi connectivity index (χ2n) is 4.50. The minimum Gasteiger partial charge on any atom is -0.469 e. The molecule has 17 heavy (non-hydrogen) atoms. The summed E-state index contributed by atoms with van der Waals surface area (Å²) >= 11 is 0. The number of rotatable bonds is 6. The van der Waals surface area contributed by atoms with Crippen LogP contribution in [0.2, 0.25) is 0 Å². The first-order valence-electron chi connectivity index (χ1n) is 6.06. The van der Waals surface area contributed by atoms with Crippen molar-refractivity contribution in [2.75, 3.05) is 20.3 Å². The first-order valence-corrected chi connectivity index (χ1v) is 6.06. The van der Waals surface area contributed by atoms with Gasteiger partial charge in [-0.2, -0.15) is 0 Å². The van der Waals surface area contributed by atoms with E-state index in [1.54, 1.807) is 0 Å². The van der Waals surface area contributed by atoms with Gasteiger partial charge in [-0.1, -0.05) is 11.6 Å². The average molecular weight is 242 g/mol. The third-order valence-corrected chi connectivity index (χ3v) is 2.94. The Balaban J connectivity index is 2.21. The number of carbonyl (C=O) groups excluding carboxylic acids is 1. The molecule has 0 aromatic rings. The van der Waals surface area contributed by atoms with Gasteiger partial charge in [0.1, 0.15) is 0 Å². The van der Waals surface area contributed by atoms with Gasteiger partial charge in [-0.05, 0) is 26.7 Å². The van der Waals surface area contributed by atoms with E-state index in [2.05, 4.69) is 10.8 Å². The van der Waals surface area contributed by atoms with Crippen LogP contribution in [-0.2, 0) is 19.0 Å². The summed E-state index contributed by atoms with van der Waals surface area (Å²) in [5, 5.41) is 0. The average Bonchev–Trinajstić information content (AvgIpc) is 2.73. The zero-order valence-corrected chi connectivity index (χ0v) is 11.0. The number of hydrogen-bond donors (Lipinski definition) is 0. The van der Waals surface area contributed by atoms with Crippen LogP contribution in [-0.4, -0.2) is 32.1 Å². The molecular formula is C13H22O4. The molecule has 1 rings (SSSR count). The summed E-state index contributed by atoms with van der Waals surface area (Å²) in [6.45, 7) is 5.36. The fourth-order valence-corrected chi connectivity index (χ4v) is 1.79. The van der Waals surface area contributed by atoms with Gasteiger partial charge in [0, 0.05) is 12.8 Å². The standard InChI is InChI=1S/C13H22O4/c1-11(6-7-12(14)15-3)5-4-8-13(2)16-9-10-17-13/h5H,4,6-10H2,1-3H3/b11-5+. The number of esters is 1. The number of allylic oxidation sites excluding steroid dienone is 2. The van der Waals surface area contributed by atoms with Crippen LogP contribution in [0.25, 0.3) is 0 Å². The molecule has 0 saturated carbocycles. The Kier molecular flexibility index (Phi) is 5.65. The predicted octanol–water partition coefficient (Wildman–Crippen LogP) is 2.43. The highest BCUT2D eigenvalue weighted by atomic mass is 16.7. The molecule has 1 saturated heterocycles. The second-order valence-corrected chi connectivity index (χ2v) is 4.50. The highest BCUT2D eigenvalue weighted by Gasteiger charge is 2.29. The zero-order valence-electron chi connectivity index (χ0n) is 11.0. The van der Waals surface area contributed by atoms with Gasteiger partial charge in [-0.3, -0.25) is 4.79 Å². The van der Waals surface area contributed by atoms with Crippen LogP contribution in [0.4, 0.5) is 0 Å². The minimum atomic E-state index is -0.418. The zero-order chi connectivity index (χ0) is 12.7. The molecule has 1 aliphatic rings. The lowest BCUT2D eigenvalue weighted by Gasteiger charge is -2.21. The molecule has 0 amide bonds. The number of methoxy groups -OCH3 is 1. The second kappa shape index (κ2) is 6.77. The van der Waals surface area contributed by atoms with Crippen molar-refractivity contribution in [1.29, 1.82) is 0 Å². The monoisotopic (exact) mass is 242 g/mol. The topological polar surface area (TPSA) is 44.8 Å². The fourth-order valence-electron chi connectivity index (χ4n) is 1.79. The Labute approximate surface area is 103 Å². The van der Waals surface area contributed by atoms with Gasteiger partial charge in [0.15, 0.2) is 5.79 Å². The molecule has 1 aliphatic heterocycles. The van der Waals surface area contributed by atoms with E-state index in [1.165, 1.54) is 12.7 Å². The van der Waals surface area contributed by atoms with Gasteiger partial charge in [-0.25, -0.2) is 0 Å². The van der Waals surface area contributed by atoms with Crippen LogP contribution < -0.4 is 0 Å². The van der Waals surface area contributed by atoms with Crippen molar-refractivity contribution in [3.05, 3.63) is 11.6 Å². The summed E-state index contributed by atoms with van der Waals surface area (Å²) in [4.78, 5) is 11.0. The maximum Gasteiger partial charge on any atom is 0.305 e. The van der Waals surface area contributed by atoms with Gasteiger partial charge in [0.2, 0.25) is 0 Å². The van der Waals surface area contributed by atoms with Crippen molar-refractivity contribution in [2.45, 2.75) is 45.3 Å². The smallest absolute Gasteiger partial charge is 0.305 e. The summed E-state index contributed by atoms with van der Waals surface area (Å²) in [5.41, 5.74) is 1.21. The lowest BCUT2D eigenvalue weighted by Crippen LogP contribution is -2.24. The summed E-state index contributed by atoms with van der Waals surface area (Å²) in [6, 6.07) is 0. The van der Waals surface area contributed by atoms with Gasteiger partial charge in [0.05, 0.1) is 20.3 Å². The van der Waals surface area contributed by atoms with E-state index in [9.17, 15) is 4.79 Å². The molecule has 1 fully saturated rings. The summed E-state index contributed by atoms with van der Waals surface area (Å²) in [7, 11) is 1.41. The van der Waals surface area contributed by atoms with Crippen LogP contribution in [0.3, 0.4) is 0 Å². The Morgan fingerprint density at radius 1 is 1.35 bits per heavy atom. The van der Waals surface area contributed by atoms with Crippen molar-refractivity contribution in [3.63, 3.8) is 0 Å². The van der Waals surface area contributed by atoms with Gasteiger partial charge >= 0.3 is 5.97 Å². The van der Waals surface area contributed by atoms with Crippen LogP contribution in [0.15, 0.2) is 11.6 Å². The Morgan fingerprint density at radius 2 is 2.00 bits per heavy atom. The molecule has 98 valence electrons. The third-order valence-electron chi connectivity index (χ3n) is 2.94. The van der Waals surface area contributed by atoms with Gasteiger partial charge < -0.3 is 14.2 Å². The van der Waals surface area contributed by atoms with E-state index in [1.807, 2.05) is 13.8 Å². The molecule has 0 aromatic heterocycles. The number of hydrogen-bond acceptors (Lipinski definition) is 4. The van der Waals surface area contributed by atoms with Crippen molar-refractivity contribution < 1.29 is 19.0 Å². The van der Waals surface area contributed by atoms with Crippen molar-refractivity contribution in [1.82, 2.24) is 0 Å². The molecule has 0 aliphatic carbocycles. The lowest BCUT2D eigenvalue weighted by atomic mass is 10.1. The number of carbonyl (C=O) groups is 1. The summed E-state index contributed by atoms with van der Waals surface area (Å²) < 4.78 is 15.6. The van der Waals surface area contributed by atoms with E-state index in [0.717, 1.165) is 19.3 Å². The van der Waals surface area contributed by atoms with Crippen LogP contribution in [0.1, 0.15) is 39.5 Å². The summed E-state index contributed by atoms with van der Waals surface area (Å²) in [5.74, 6) is -0.578. The SMILES string of the molecule is COC(=O)CC/C(C)=C/CCC1(C)OCCO1. The molecule has 0 spiro atoms. The molecular weight excluding hydrogens is 220 g/mol. The third kappa shape index (κ3) is 5.33. The van der Waals surface area contributed by atoms with Crippen molar-refractivity contribution in [3.8, 4) is 0 Å². The highest BCUT2D eigenvalue weighted by molar-refractivity contribution is 5.69. The quantitative estimate of drug-likeness (QED) is 0.530. The molecule has 0 atom stereocenters. The normalized spacial score (nSPS) is 19.4. The molecule has 1 heterocycles. The Morgan fingerprint density at radius 3 is 2.59 bits per heavy atom.